The quantitative estimate of drug-likeness (QED) is 0.852. The van der Waals surface area contributed by atoms with Crippen LogP contribution in [0.5, 0.6) is 0 Å². The van der Waals surface area contributed by atoms with Crippen LogP contribution in [0.4, 0.5) is 4.39 Å². The van der Waals surface area contributed by atoms with Crippen molar-refractivity contribution in [2.75, 3.05) is 6.54 Å². The third kappa shape index (κ3) is 4.79. The van der Waals surface area contributed by atoms with Crippen molar-refractivity contribution in [1.82, 2.24) is 15.5 Å². The predicted molar refractivity (Wildman–Crippen MR) is 80.8 cm³/mol. The summed E-state index contributed by atoms with van der Waals surface area (Å²) in [6.07, 6.45) is 1.59. The molecule has 0 aliphatic heterocycles. The lowest BCUT2D eigenvalue weighted by molar-refractivity contribution is 0.412. The van der Waals surface area contributed by atoms with Gasteiger partial charge in [-0.2, -0.15) is 0 Å². The first-order chi connectivity index (χ1) is 9.85. The summed E-state index contributed by atoms with van der Waals surface area (Å²) < 4.78 is 18.6. The average Bonchev–Trinajstić information content (AvgIpc) is 2.82. The molecular weight excluding hydrogens is 293 g/mol. The lowest BCUT2D eigenvalue weighted by atomic mass is 10.1. The zero-order valence-corrected chi connectivity index (χ0v) is 13.2. The molecule has 0 saturated heterocycles. The van der Waals surface area contributed by atoms with Crippen LogP contribution in [0.1, 0.15) is 33.1 Å². The minimum atomic E-state index is -0.392. The van der Waals surface area contributed by atoms with Crippen molar-refractivity contribution in [3.63, 3.8) is 0 Å². The molecule has 0 saturated carbocycles. The monoisotopic (exact) mass is 311 g/mol. The van der Waals surface area contributed by atoms with Gasteiger partial charge in [-0.1, -0.05) is 11.6 Å². The first-order valence-corrected chi connectivity index (χ1v) is 7.26. The van der Waals surface area contributed by atoms with E-state index in [9.17, 15) is 4.39 Å². The molecule has 21 heavy (non-hydrogen) atoms. The molecule has 0 atom stereocenters. The van der Waals surface area contributed by atoms with Crippen molar-refractivity contribution in [2.24, 2.45) is 0 Å². The molecule has 2 rings (SSSR count). The maximum absolute atomic E-state index is 13.0. The van der Waals surface area contributed by atoms with Crippen LogP contribution < -0.4 is 5.32 Å². The van der Waals surface area contributed by atoms with Gasteiger partial charge in [0.2, 0.25) is 11.8 Å². The predicted octanol–water partition coefficient (Wildman–Crippen LogP) is 3.85. The summed E-state index contributed by atoms with van der Waals surface area (Å²) in [6, 6.07) is 4.09. The van der Waals surface area contributed by atoms with Crippen LogP contribution in [0.3, 0.4) is 0 Å². The smallest absolute Gasteiger partial charge is 0.249 e. The molecule has 1 heterocycles. The van der Waals surface area contributed by atoms with Crippen LogP contribution in [-0.4, -0.2) is 22.3 Å². The fraction of sp³-hybridized carbons (Fsp3) is 0.467. The van der Waals surface area contributed by atoms with Gasteiger partial charge in [-0.25, -0.2) is 4.39 Å². The Labute approximate surface area is 128 Å². The van der Waals surface area contributed by atoms with E-state index in [1.165, 1.54) is 18.2 Å². The van der Waals surface area contributed by atoms with E-state index < -0.39 is 5.82 Å². The van der Waals surface area contributed by atoms with Gasteiger partial charge in [0.15, 0.2) is 0 Å². The Morgan fingerprint density at radius 2 is 2.05 bits per heavy atom. The molecule has 0 amide bonds. The first-order valence-electron chi connectivity index (χ1n) is 6.88. The Kier molecular flexibility index (Phi) is 4.96. The Hall–Kier alpha value is -1.46. The van der Waals surface area contributed by atoms with E-state index in [0.29, 0.717) is 23.8 Å². The normalized spacial score (nSPS) is 11.9. The van der Waals surface area contributed by atoms with Crippen molar-refractivity contribution < 1.29 is 8.81 Å². The van der Waals surface area contributed by atoms with Crippen molar-refractivity contribution in [3.8, 4) is 11.5 Å². The lowest BCUT2D eigenvalue weighted by Crippen LogP contribution is -2.36. The average molecular weight is 312 g/mol. The Morgan fingerprint density at radius 3 is 2.71 bits per heavy atom. The second kappa shape index (κ2) is 6.54. The molecular formula is C15H19ClFN3O. The highest BCUT2D eigenvalue weighted by atomic mass is 35.5. The molecule has 6 heteroatoms. The molecule has 0 bridgehead atoms. The Morgan fingerprint density at radius 1 is 1.29 bits per heavy atom. The summed E-state index contributed by atoms with van der Waals surface area (Å²) in [5.41, 5.74) is 0.645. The highest BCUT2D eigenvalue weighted by molar-refractivity contribution is 6.33. The zero-order valence-electron chi connectivity index (χ0n) is 12.4. The van der Waals surface area contributed by atoms with E-state index in [1.807, 2.05) is 0 Å². The van der Waals surface area contributed by atoms with Crippen LogP contribution in [0.15, 0.2) is 22.6 Å². The van der Waals surface area contributed by atoms with Gasteiger partial charge in [-0.15, -0.1) is 10.2 Å². The largest absolute Gasteiger partial charge is 0.421 e. The SMILES string of the molecule is CC(C)(C)NCCCc1nnc(-c2ccc(F)cc2Cl)o1. The summed E-state index contributed by atoms with van der Waals surface area (Å²) in [5.74, 6) is 0.483. The maximum atomic E-state index is 13.0. The number of aromatic nitrogens is 2. The van der Waals surface area contributed by atoms with Gasteiger partial charge in [-0.05, 0) is 51.9 Å². The Bertz CT molecular complexity index is 607. The zero-order chi connectivity index (χ0) is 15.5. The number of hydrogen-bond acceptors (Lipinski definition) is 4. The van der Waals surface area contributed by atoms with Gasteiger partial charge < -0.3 is 9.73 Å². The molecule has 0 radical (unpaired) electrons. The lowest BCUT2D eigenvalue weighted by Gasteiger charge is -2.19. The molecule has 2 aromatic rings. The van der Waals surface area contributed by atoms with E-state index in [-0.39, 0.29) is 10.6 Å². The fourth-order valence-corrected chi connectivity index (χ4v) is 2.08. The molecule has 0 aliphatic rings. The van der Waals surface area contributed by atoms with Crippen LogP contribution in [0.2, 0.25) is 5.02 Å². The van der Waals surface area contributed by atoms with Crippen molar-refractivity contribution in [2.45, 2.75) is 39.2 Å². The second-order valence-electron chi connectivity index (χ2n) is 5.91. The van der Waals surface area contributed by atoms with Gasteiger partial charge in [0.05, 0.1) is 10.6 Å². The molecule has 1 aromatic carbocycles. The van der Waals surface area contributed by atoms with E-state index in [0.717, 1.165) is 13.0 Å². The molecule has 0 aliphatic carbocycles. The number of hydrogen-bond donors (Lipinski definition) is 1. The van der Waals surface area contributed by atoms with E-state index in [1.54, 1.807) is 0 Å². The van der Waals surface area contributed by atoms with Gasteiger partial charge in [0, 0.05) is 12.0 Å². The third-order valence-corrected chi connectivity index (χ3v) is 3.16. The minimum Gasteiger partial charge on any atom is -0.421 e. The molecule has 1 aromatic heterocycles. The van der Waals surface area contributed by atoms with Crippen molar-refractivity contribution in [3.05, 3.63) is 34.9 Å². The summed E-state index contributed by atoms with van der Waals surface area (Å²) in [4.78, 5) is 0. The molecule has 0 spiro atoms. The topological polar surface area (TPSA) is 51.0 Å². The summed E-state index contributed by atoms with van der Waals surface area (Å²) in [5, 5.41) is 11.6. The highest BCUT2D eigenvalue weighted by Crippen LogP contribution is 2.27. The number of halogens is 2. The van der Waals surface area contributed by atoms with Crippen molar-refractivity contribution in [1.29, 1.82) is 0 Å². The number of benzene rings is 1. The maximum Gasteiger partial charge on any atom is 0.249 e. The van der Waals surface area contributed by atoms with E-state index >= 15 is 0 Å². The van der Waals surface area contributed by atoms with Crippen LogP contribution >= 0.6 is 11.6 Å². The molecule has 0 unspecified atom stereocenters. The van der Waals surface area contributed by atoms with Crippen LogP contribution in [0.25, 0.3) is 11.5 Å². The second-order valence-corrected chi connectivity index (χ2v) is 6.31. The fourth-order valence-electron chi connectivity index (χ4n) is 1.83. The highest BCUT2D eigenvalue weighted by Gasteiger charge is 2.13. The molecule has 114 valence electrons. The van der Waals surface area contributed by atoms with Crippen molar-refractivity contribution >= 4 is 11.6 Å². The van der Waals surface area contributed by atoms with E-state index in [2.05, 4.69) is 36.3 Å². The molecule has 0 fully saturated rings. The van der Waals surface area contributed by atoms with Crippen LogP contribution in [-0.2, 0) is 6.42 Å². The number of nitrogens with zero attached hydrogens (tertiary/aromatic N) is 2. The molecule has 1 N–H and O–H groups in total. The third-order valence-electron chi connectivity index (χ3n) is 2.85. The van der Waals surface area contributed by atoms with E-state index in [4.69, 9.17) is 16.0 Å². The van der Waals surface area contributed by atoms with Crippen LogP contribution in [0, 0.1) is 5.82 Å². The van der Waals surface area contributed by atoms with Gasteiger partial charge in [0.25, 0.3) is 0 Å². The standard InChI is InChI=1S/C15H19ClFN3O/c1-15(2,3)18-8-4-5-13-19-20-14(21-13)11-7-6-10(17)9-12(11)16/h6-7,9,18H,4-5,8H2,1-3H3. The number of rotatable bonds is 5. The number of aryl methyl sites for hydroxylation is 1. The minimum absolute atomic E-state index is 0.0988. The van der Waals surface area contributed by atoms with Gasteiger partial charge in [-0.3, -0.25) is 0 Å². The van der Waals surface area contributed by atoms with Gasteiger partial charge >= 0.3 is 0 Å². The molecule has 4 nitrogen and oxygen atoms in total. The summed E-state index contributed by atoms with van der Waals surface area (Å²) in [6.45, 7) is 7.23. The number of nitrogens with one attached hydrogen (secondary N) is 1. The Balaban J connectivity index is 1.95. The van der Waals surface area contributed by atoms with Gasteiger partial charge in [0.1, 0.15) is 5.82 Å². The first kappa shape index (κ1) is 15.9. The summed E-state index contributed by atoms with van der Waals surface area (Å²) >= 11 is 5.97. The summed E-state index contributed by atoms with van der Waals surface area (Å²) in [7, 11) is 0.